The zero-order chi connectivity index (χ0) is 20.0. The highest BCUT2D eigenvalue weighted by Crippen LogP contribution is 2.23. The van der Waals surface area contributed by atoms with Gasteiger partial charge in [-0.25, -0.2) is 4.79 Å². The number of aryl methyl sites for hydroxylation is 3. The van der Waals surface area contributed by atoms with E-state index in [1.165, 1.54) is 6.08 Å². The topological polar surface area (TPSA) is 97.0 Å². The fourth-order valence-corrected chi connectivity index (χ4v) is 2.92. The van der Waals surface area contributed by atoms with Crippen LogP contribution in [0.5, 0.6) is 0 Å². The van der Waals surface area contributed by atoms with Crippen molar-refractivity contribution in [2.24, 2.45) is 7.05 Å². The van der Waals surface area contributed by atoms with Crippen LogP contribution >= 0.6 is 11.8 Å². The molecule has 1 aromatic carbocycles. The number of nitriles is 1. The van der Waals surface area contributed by atoms with Crippen LogP contribution in [0.15, 0.2) is 29.2 Å². The van der Waals surface area contributed by atoms with Crippen molar-refractivity contribution in [3.05, 3.63) is 46.8 Å². The second-order valence-corrected chi connectivity index (χ2v) is 6.73. The Kier molecular flexibility index (Phi) is 6.79. The molecule has 0 fully saturated rings. The summed E-state index contributed by atoms with van der Waals surface area (Å²) in [7, 11) is 1.83. The Labute approximate surface area is 162 Å². The highest BCUT2D eigenvalue weighted by Gasteiger charge is 2.10. The minimum atomic E-state index is -0.606. The van der Waals surface area contributed by atoms with E-state index in [9.17, 15) is 9.59 Å². The van der Waals surface area contributed by atoms with Crippen LogP contribution in [0.2, 0.25) is 0 Å². The highest BCUT2D eigenvalue weighted by atomic mass is 32.2. The molecule has 0 atom stereocenters. The van der Waals surface area contributed by atoms with E-state index in [0.29, 0.717) is 5.69 Å². The molecule has 1 heterocycles. The van der Waals surface area contributed by atoms with Crippen LogP contribution in [0.4, 0.5) is 5.69 Å². The summed E-state index contributed by atoms with van der Waals surface area (Å²) in [6.45, 7) is 5.20. The van der Waals surface area contributed by atoms with Crippen molar-refractivity contribution < 1.29 is 14.3 Å². The first kappa shape index (κ1) is 20.3. The molecule has 140 valence electrons. The van der Waals surface area contributed by atoms with Gasteiger partial charge in [0.2, 0.25) is 0 Å². The van der Waals surface area contributed by atoms with Crippen LogP contribution in [0.3, 0.4) is 0 Å². The number of aromatic nitrogens is 2. The molecule has 1 amide bonds. The first-order valence-corrected chi connectivity index (χ1v) is 8.95. The second kappa shape index (κ2) is 9.05. The Morgan fingerprint density at radius 1 is 1.37 bits per heavy atom. The monoisotopic (exact) mass is 384 g/mol. The maximum Gasteiger partial charge on any atom is 0.331 e. The normalized spacial score (nSPS) is 10.6. The van der Waals surface area contributed by atoms with Crippen molar-refractivity contribution in [3.63, 3.8) is 0 Å². The third kappa shape index (κ3) is 5.46. The van der Waals surface area contributed by atoms with E-state index < -0.39 is 11.9 Å². The summed E-state index contributed by atoms with van der Waals surface area (Å²) in [6.07, 6.45) is 2.91. The summed E-state index contributed by atoms with van der Waals surface area (Å²) >= 11 is 1.05. The zero-order valence-corrected chi connectivity index (χ0v) is 16.4. The van der Waals surface area contributed by atoms with Crippen molar-refractivity contribution in [1.82, 2.24) is 9.78 Å². The molecule has 27 heavy (non-hydrogen) atoms. The maximum absolute atomic E-state index is 12.0. The number of rotatable bonds is 6. The van der Waals surface area contributed by atoms with E-state index in [1.807, 2.05) is 33.2 Å². The molecule has 0 aliphatic rings. The Balaban J connectivity index is 1.89. The van der Waals surface area contributed by atoms with Gasteiger partial charge in [-0.3, -0.25) is 9.48 Å². The fraction of sp³-hybridized carbons (Fsp3) is 0.263. The lowest BCUT2D eigenvalue weighted by Gasteiger charge is -2.09. The quantitative estimate of drug-likeness (QED) is 0.356. The standard InChI is InChI=1S/C19H20N4O3S/c1-12-9-15(27-11-20)5-7-17(12)21-18(24)10-26-19(25)8-6-16-13(2)22-23(4)14(16)3/h5-9H,10H2,1-4H3,(H,21,24)/b8-6+. The molecule has 0 aliphatic heterocycles. The summed E-state index contributed by atoms with van der Waals surface area (Å²) in [6, 6.07) is 5.25. The van der Waals surface area contributed by atoms with Crippen LogP contribution in [0.25, 0.3) is 6.08 Å². The molecule has 1 N–H and O–H groups in total. The molecule has 0 spiro atoms. The van der Waals surface area contributed by atoms with Crippen LogP contribution in [0, 0.1) is 31.4 Å². The summed E-state index contributed by atoms with van der Waals surface area (Å²) in [5, 5.41) is 17.6. The number of hydrogen-bond donors (Lipinski definition) is 1. The molecule has 0 saturated carbocycles. The first-order chi connectivity index (χ1) is 12.8. The number of ether oxygens (including phenoxy) is 1. The van der Waals surface area contributed by atoms with Gasteiger partial charge in [-0.05, 0) is 62.4 Å². The van der Waals surface area contributed by atoms with Gasteiger partial charge in [0.1, 0.15) is 5.40 Å². The number of carbonyl (C=O) groups excluding carboxylic acids is 2. The fourth-order valence-electron chi connectivity index (χ4n) is 2.45. The van der Waals surface area contributed by atoms with Gasteiger partial charge in [-0.15, -0.1) is 0 Å². The number of amides is 1. The van der Waals surface area contributed by atoms with Crippen molar-refractivity contribution in [2.75, 3.05) is 11.9 Å². The van der Waals surface area contributed by atoms with Gasteiger partial charge in [0, 0.05) is 35.0 Å². The van der Waals surface area contributed by atoms with Crippen LogP contribution < -0.4 is 5.32 Å². The molecular weight excluding hydrogens is 364 g/mol. The molecule has 8 heteroatoms. The molecule has 0 bridgehead atoms. The van der Waals surface area contributed by atoms with Crippen molar-refractivity contribution in [3.8, 4) is 5.40 Å². The average molecular weight is 384 g/mol. The van der Waals surface area contributed by atoms with Crippen molar-refractivity contribution in [2.45, 2.75) is 25.7 Å². The summed E-state index contributed by atoms with van der Waals surface area (Å²) in [5.41, 5.74) is 4.02. The second-order valence-electron chi connectivity index (χ2n) is 5.87. The minimum Gasteiger partial charge on any atom is -0.452 e. The van der Waals surface area contributed by atoms with Gasteiger partial charge in [-0.2, -0.15) is 10.4 Å². The van der Waals surface area contributed by atoms with E-state index in [4.69, 9.17) is 10.00 Å². The van der Waals surface area contributed by atoms with Gasteiger partial charge >= 0.3 is 5.97 Å². The van der Waals surface area contributed by atoms with Gasteiger partial charge < -0.3 is 10.1 Å². The molecular formula is C19H20N4O3S. The minimum absolute atomic E-state index is 0.387. The van der Waals surface area contributed by atoms with E-state index in [0.717, 1.165) is 39.2 Å². The predicted molar refractivity (Wildman–Crippen MR) is 104 cm³/mol. The van der Waals surface area contributed by atoms with Crippen LogP contribution in [-0.4, -0.2) is 28.3 Å². The maximum atomic E-state index is 12.0. The summed E-state index contributed by atoms with van der Waals surface area (Å²) in [4.78, 5) is 24.6. The number of carbonyl (C=O) groups is 2. The SMILES string of the molecule is Cc1cc(SC#N)ccc1NC(=O)COC(=O)/C=C/c1c(C)nn(C)c1C. The molecule has 0 saturated heterocycles. The van der Waals surface area contributed by atoms with E-state index >= 15 is 0 Å². The number of benzene rings is 1. The van der Waals surface area contributed by atoms with Gasteiger partial charge in [0.25, 0.3) is 5.91 Å². The average Bonchev–Trinajstić information content (AvgIpc) is 2.86. The zero-order valence-electron chi connectivity index (χ0n) is 15.6. The number of hydrogen-bond acceptors (Lipinski definition) is 6. The van der Waals surface area contributed by atoms with E-state index in [-0.39, 0.29) is 6.61 Å². The Hall–Kier alpha value is -3.05. The lowest BCUT2D eigenvalue weighted by Crippen LogP contribution is -2.20. The third-order valence-electron chi connectivity index (χ3n) is 3.93. The first-order valence-electron chi connectivity index (χ1n) is 8.13. The van der Waals surface area contributed by atoms with Gasteiger partial charge in [0.05, 0.1) is 5.69 Å². The predicted octanol–water partition coefficient (Wildman–Crippen LogP) is 3.11. The number of esters is 1. The van der Waals surface area contributed by atoms with Crippen LogP contribution in [-0.2, 0) is 21.4 Å². The van der Waals surface area contributed by atoms with Crippen molar-refractivity contribution >= 4 is 35.4 Å². The van der Waals surface area contributed by atoms with Gasteiger partial charge in [0.15, 0.2) is 6.61 Å². The molecule has 0 radical (unpaired) electrons. The molecule has 0 unspecified atom stereocenters. The summed E-state index contributed by atoms with van der Waals surface area (Å²) in [5.74, 6) is -1.04. The number of thiocyanates is 1. The largest absolute Gasteiger partial charge is 0.452 e. The number of anilines is 1. The van der Waals surface area contributed by atoms with Crippen molar-refractivity contribution in [1.29, 1.82) is 5.26 Å². The smallest absolute Gasteiger partial charge is 0.331 e. The number of thioether (sulfide) groups is 1. The highest BCUT2D eigenvalue weighted by molar-refractivity contribution is 8.03. The molecule has 1 aromatic heterocycles. The van der Waals surface area contributed by atoms with E-state index in [2.05, 4.69) is 10.4 Å². The lowest BCUT2D eigenvalue weighted by molar-refractivity contribution is -0.142. The van der Waals surface area contributed by atoms with Gasteiger partial charge in [-0.1, -0.05) is 0 Å². The molecule has 0 aliphatic carbocycles. The third-order valence-corrected chi connectivity index (χ3v) is 4.51. The number of nitrogens with zero attached hydrogens (tertiary/aromatic N) is 3. The summed E-state index contributed by atoms with van der Waals surface area (Å²) < 4.78 is 6.71. The Morgan fingerprint density at radius 3 is 2.70 bits per heavy atom. The number of nitrogens with one attached hydrogen (secondary N) is 1. The Morgan fingerprint density at radius 2 is 2.11 bits per heavy atom. The van der Waals surface area contributed by atoms with Crippen LogP contribution in [0.1, 0.15) is 22.5 Å². The molecule has 7 nitrogen and oxygen atoms in total. The van der Waals surface area contributed by atoms with E-state index in [1.54, 1.807) is 29.0 Å². The molecule has 2 aromatic rings. The lowest BCUT2D eigenvalue weighted by atomic mass is 10.2. The Bertz CT molecular complexity index is 941. The molecule has 2 rings (SSSR count).